The minimum Gasteiger partial charge on any atom is -0.508 e. The van der Waals surface area contributed by atoms with Gasteiger partial charge in [-0.25, -0.2) is 8.42 Å². The lowest BCUT2D eigenvalue weighted by Gasteiger charge is -2.26. The van der Waals surface area contributed by atoms with E-state index in [2.05, 4.69) is 5.32 Å². The molecule has 2 aromatic carbocycles. The van der Waals surface area contributed by atoms with Gasteiger partial charge in [0.25, 0.3) is 5.91 Å². The van der Waals surface area contributed by atoms with Crippen LogP contribution < -0.4 is 5.32 Å². The molecule has 1 heterocycles. The minimum atomic E-state index is -3.58. The molecule has 25 heavy (non-hydrogen) atoms. The molecule has 0 bridgehead atoms. The lowest BCUT2D eigenvalue weighted by Crippen LogP contribution is -2.35. The van der Waals surface area contributed by atoms with Crippen LogP contribution >= 0.6 is 0 Å². The van der Waals surface area contributed by atoms with Crippen molar-refractivity contribution >= 4 is 21.6 Å². The third-order valence-corrected chi connectivity index (χ3v) is 6.05. The molecule has 1 saturated heterocycles. The summed E-state index contributed by atoms with van der Waals surface area (Å²) in [4.78, 5) is 12.5. The van der Waals surface area contributed by atoms with Crippen LogP contribution in [-0.4, -0.2) is 36.8 Å². The summed E-state index contributed by atoms with van der Waals surface area (Å²) in [5.41, 5.74) is 0.690. The first-order valence-corrected chi connectivity index (χ1v) is 9.61. The summed E-state index contributed by atoms with van der Waals surface area (Å²) in [7, 11) is -3.58. The number of phenolic OH excluding ortho intramolecular Hbond substituents is 1. The lowest BCUT2D eigenvalue weighted by molar-refractivity contribution is 0.102. The Balaban J connectivity index is 1.82. The van der Waals surface area contributed by atoms with E-state index in [0.717, 1.165) is 19.3 Å². The number of aromatic hydroxyl groups is 1. The van der Waals surface area contributed by atoms with Crippen molar-refractivity contribution in [1.82, 2.24) is 4.31 Å². The van der Waals surface area contributed by atoms with Crippen molar-refractivity contribution < 1.29 is 18.3 Å². The fourth-order valence-corrected chi connectivity index (χ4v) is 4.40. The second-order valence-electron chi connectivity index (χ2n) is 6.00. The molecule has 7 heteroatoms. The summed E-state index contributed by atoms with van der Waals surface area (Å²) in [5, 5.41) is 12.1. The van der Waals surface area contributed by atoms with Gasteiger partial charge in [0.2, 0.25) is 10.0 Å². The van der Waals surface area contributed by atoms with Gasteiger partial charge in [-0.1, -0.05) is 18.6 Å². The van der Waals surface area contributed by atoms with Gasteiger partial charge in [-0.2, -0.15) is 4.31 Å². The van der Waals surface area contributed by atoms with Crippen molar-refractivity contribution in [2.45, 2.75) is 24.2 Å². The highest BCUT2D eigenvalue weighted by Crippen LogP contribution is 2.22. The highest BCUT2D eigenvalue weighted by Gasteiger charge is 2.26. The Labute approximate surface area is 147 Å². The van der Waals surface area contributed by atoms with E-state index in [9.17, 15) is 18.3 Å². The molecule has 0 aromatic heterocycles. The molecule has 0 unspecified atom stereocenters. The van der Waals surface area contributed by atoms with Crippen LogP contribution in [0.3, 0.4) is 0 Å². The number of carbonyl (C=O) groups is 1. The number of nitrogens with zero attached hydrogens (tertiary/aromatic N) is 1. The molecule has 3 rings (SSSR count). The number of carbonyl (C=O) groups excluding carboxylic acids is 1. The quantitative estimate of drug-likeness (QED) is 0.878. The van der Waals surface area contributed by atoms with Gasteiger partial charge in [-0.15, -0.1) is 0 Å². The average Bonchev–Trinajstić information content (AvgIpc) is 2.62. The molecular formula is C18H20N2O4S. The smallest absolute Gasteiger partial charge is 0.255 e. The highest BCUT2D eigenvalue weighted by molar-refractivity contribution is 7.89. The molecule has 6 nitrogen and oxygen atoms in total. The summed E-state index contributed by atoms with van der Waals surface area (Å²) < 4.78 is 26.9. The minimum absolute atomic E-state index is 0.0410. The molecule has 1 aliphatic heterocycles. The van der Waals surface area contributed by atoms with Gasteiger partial charge >= 0.3 is 0 Å². The van der Waals surface area contributed by atoms with Crippen LogP contribution in [0.25, 0.3) is 0 Å². The predicted molar refractivity (Wildman–Crippen MR) is 95.1 cm³/mol. The Morgan fingerprint density at radius 1 is 1.00 bits per heavy atom. The first-order chi connectivity index (χ1) is 12.0. The third-order valence-electron chi connectivity index (χ3n) is 4.15. The molecule has 2 aromatic rings. The van der Waals surface area contributed by atoms with E-state index in [1.54, 1.807) is 24.3 Å². The van der Waals surface area contributed by atoms with Crippen molar-refractivity contribution in [3.8, 4) is 5.75 Å². The topological polar surface area (TPSA) is 86.7 Å². The van der Waals surface area contributed by atoms with Gasteiger partial charge in [-0.05, 0) is 43.2 Å². The molecule has 2 N–H and O–H groups in total. The summed E-state index contributed by atoms with van der Waals surface area (Å²) in [6.07, 6.45) is 2.76. The maximum absolute atomic E-state index is 12.7. The second-order valence-corrected chi connectivity index (χ2v) is 7.93. The zero-order valence-electron chi connectivity index (χ0n) is 13.7. The van der Waals surface area contributed by atoms with Gasteiger partial charge < -0.3 is 10.4 Å². The SMILES string of the molecule is O=C(Nc1cccc(O)c1)c1cccc(S(=O)(=O)N2CCCCC2)c1. The van der Waals surface area contributed by atoms with Crippen molar-refractivity contribution in [2.24, 2.45) is 0 Å². The van der Waals surface area contributed by atoms with E-state index in [1.807, 2.05) is 0 Å². The van der Waals surface area contributed by atoms with E-state index in [1.165, 1.54) is 28.6 Å². The number of benzene rings is 2. The van der Waals surface area contributed by atoms with Crippen LogP contribution in [0.1, 0.15) is 29.6 Å². The molecule has 0 aliphatic carbocycles. The summed E-state index contributed by atoms with van der Waals surface area (Å²) in [5.74, 6) is -0.388. The summed E-state index contributed by atoms with van der Waals surface area (Å²) in [6, 6.07) is 12.2. The Morgan fingerprint density at radius 2 is 1.72 bits per heavy atom. The van der Waals surface area contributed by atoms with Crippen LogP contribution in [0.2, 0.25) is 0 Å². The first kappa shape index (κ1) is 17.4. The Bertz CT molecular complexity index is 874. The van der Waals surface area contributed by atoms with Crippen molar-refractivity contribution in [1.29, 1.82) is 0 Å². The fraction of sp³-hybridized carbons (Fsp3) is 0.278. The first-order valence-electron chi connectivity index (χ1n) is 8.17. The standard InChI is InChI=1S/C18H20N2O4S/c21-16-8-5-7-15(13-16)19-18(22)14-6-4-9-17(12-14)25(23,24)20-10-2-1-3-11-20/h4-9,12-13,21H,1-3,10-11H2,(H,19,22). The number of anilines is 1. The van der Waals surface area contributed by atoms with Gasteiger partial charge in [0.1, 0.15) is 5.75 Å². The van der Waals surface area contributed by atoms with Gasteiger partial charge in [0.15, 0.2) is 0 Å². The number of hydrogen-bond acceptors (Lipinski definition) is 4. The zero-order valence-corrected chi connectivity index (χ0v) is 14.5. The number of hydrogen-bond donors (Lipinski definition) is 2. The van der Waals surface area contributed by atoms with E-state index >= 15 is 0 Å². The van der Waals surface area contributed by atoms with Gasteiger partial charge in [0.05, 0.1) is 4.90 Å². The van der Waals surface area contributed by atoms with Crippen LogP contribution in [0, 0.1) is 0 Å². The highest BCUT2D eigenvalue weighted by atomic mass is 32.2. The fourth-order valence-electron chi connectivity index (χ4n) is 2.84. The van der Waals surface area contributed by atoms with E-state index < -0.39 is 15.9 Å². The molecule has 132 valence electrons. The van der Waals surface area contributed by atoms with Gasteiger partial charge in [0, 0.05) is 30.4 Å². The van der Waals surface area contributed by atoms with Gasteiger partial charge in [-0.3, -0.25) is 4.79 Å². The molecule has 0 spiro atoms. The van der Waals surface area contributed by atoms with E-state index in [-0.39, 0.29) is 16.2 Å². The van der Waals surface area contributed by atoms with Crippen LogP contribution in [-0.2, 0) is 10.0 Å². The third kappa shape index (κ3) is 4.00. The molecule has 1 fully saturated rings. The number of amides is 1. The lowest BCUT2D eigenvalue weighted by atomic mass is 10.2. The second kappa shape index (κ2) is 7.25. The number of rotatable bonds is 4. The van der Waals surface area contributed by atoms with Crippen molar-refractivity contribution in [3.63, 3.8) is 0 Å². The largest absolute Gasteiger partial charge is 0.508 e. The molecule has 1 aliphatic rings. The Hall–Kier alpha value is -2.38. The summed E-state index contributed by atoms with van der Waals surface area (Å²) in [6.45, 7) is 1.03. The predicted octanol–water partition coefficient (Wildman–Crippen LogP) is 2.82. The van der Waals surface area contributed by atoms with Crippen molar-refractivity contribution in [2.75, 3.05) is 18.4 Å². The molecule has 0 atom stereocenters. The van der Waals surface area contributed by atoms with E-state index in [0.29, 0.717) is 18.8 Å². The summed E-state index contributed by atoms with van der Waals surface area (Å²) >= 11 is 0. The molecule has 0 saturated carbocycles. The monoisotopic (exact) mass is 360 g/mol. The maximum Gasteiger partial charge on any atom is 0.255 e. The van der Waals surface area contributed by atoms with Crippen LogP contribution in [0.15, 0.2) is 53.4 Å². The Morgan fingerprint density at radius 3 is 2.44 bits per heavy atom. The number of phenols is 1. The van der Waals surface area contributed by atoms with Crippen LogP contribution in [0.4, 0.5) is 5.69 Å². The maximum atomic E-state index is 12.7. The van der Waals surface area contributed by atoms with Crippen molar-refractivity contribution in [3.05, 3.63) is 54.1 Å². The Kier molecular flexibility index (Phi) is 5.06. The zero-order chi connectivity index (χ0) is 17.9. The normalized spacial score (nSPS) is 15.7. The molecular weight excluding hydrogens is 340 g/mol. The van der Waals surface area contributed by atoms with Crippen LogP contribution in [0.5, 0.6) is 5.75 Å². The number of sulfonamides is 1. The number of nitrogens with one attached hydrogen (secondary N) is 1. The molecule has 1 amide bonds. The number of piperidine rings is 1. The van der Waals surface area contributed by atoms with E-state index in [4.69, 9.17) is 0 Å². The average molecular weight is 360 g/mol. The molecule has 0 radical (unpaired) electrons.